The average molecular weight is 329 g/mol. The minimum atomic E-state index is -4.26. The van der Waals surface area contributed by atoms with Gasteiger partial charge in [0, 0.05) is 18.5 Å². The third-order valence-electron chi connectivity index (χ3n) is 2.65. The van der Waals surface area contributed by atoms with Crippen molar-refractivity contribution in [3.63, 3.8) is 0 Å². The standard InChI is InChI=1S/C14H11F4N3O2/c15-13(16)14(17,18)8-23-11-4-3-10(7-20-11)21-12(22)9-2-1-5-19-6-9/h1-7,13H,8H2,(H,21,22). The molecule has 23 heavy (non-hydrogen) atoms. The molecule has 9 heteroatoms. The Bertz CT molecular complexity index is 651. The van der Waals surface area contributed by atoms with Crippen LogP contribution in [0, 0.1) is 0 Å². The zero-order chi connectivity index (χ0) is 16.9. The molecule has 0 saturated heterocycles. The third-order valence-corrected chi connectivity index (χ3v) is 2.65. The first kappa shape index (κ1) is 16.7. The number of nitrogens with one attached hydrogen (secondary N) is 1. The Morgan fingerprint density at radius 1 is 1.26 bits per heavy atom. The quantitative estimate of drug-likeness (QED) is 0.828. The minimum Gasteiger partial charge on any atom is -0.471 e. The molecule has 0 aliphatic rings. The zero-order valence-corrected chi connectivity index (χ0v) is 11.5. The summed E-state index contributed by atoms with van der Waals surface area (Å²) in [6.45, 7) is -1.49. The number of pyridine rings is 2. The number of halogens is 4. The molecule has 1 amide bonds. The van der Waals surface area contributed by atoms with E-state index >= 15 is 0 Å². The highest BCUT2D eigenvalue weighted by molar-refractivity contribution is 6.03. The summed E-state index contributed by atoms with van der Waals surface area (Å²) in [7, 11) is 0. The monoisotopic (exact) mass is 329 g/mol. The van der Waals surface area contributed by atoms with Crippen molar-refractivity contribution in [1.82, 2.24) is 9.97 Å². The van der Waals surface area contributed by atoms with Crippen LogP contribution < -0.4 is 10.1 Å². The Labute approximate surface area is 128 Å². The minimum absolute atomic E-state index is 0.260. The van der Waals surface area contributed by atoms with Crippen LogP contribution in [0.5, 0.6) is 5.88 Å². The number of carbonyl (C=O) groups excluding carboxylic acids is 1. The fourth-order valence-electron chi connectivity index (χ4n) is 1.47. The van der Waals surface area contributed by atoms with Gasteiger partial charge < -0.3 is 10.1 Å². The van der Waals surface area contributed by atoms with Crippen molar-refractivity contribution < 1.29 is 27.1 Å². The number of aromatic nitrogens is 2. The molecular weight excluding hydrogens is 318 g/mol. The highest BCUT2D eigenvalue weighted by atomic mass is 19.3. The SMILES string of the molecule is O=C(Nc1ccc(OCC(F)(F)C(F)F)nc1)c1cccnc1. The van der Waals surface area contributed by atoms with E-state index in [1.165, 1.54) is 24.5 Å². The molecule has 0 aliphatic heterocycles. The molecular formula is C14H11F4N3O2. The van der Waals surface area contributed by atoms with E-state index in [-0.39, 0.29) is 11.6 Å². The predicted molar refractivity (Wildman–Crippen MR) is 72.9 cm³/mol. The molecule has 0 aromatic carbocycles. The largest absolute Gasteiger partial charge is 0.471 e. The molecule has 0 atom stereocenters. The first-order valence-corrected chi connectivity index (χ1v) is 6.35. The Kier molecular flexibility index (Phi) is 5.09. The molecule has 5 nitrogen and oxygen atoms in total. The molecule has 122 valence electrons. The number of hydrogen-bond acceptors (Lipinski definition) is 4. The highest BCUT2D eigenvalue weighted by Gasteiger charge is 2.41. The maximum absolute atomic E-state index is 12.7. The maximum atomic E-state index is 12.7. The molecule has 2 heterocycles. The van der Waals surface area contributed by atoms with Crippen LogP contribution in [0.1, 0.15) is 10.4 Å². The van der Waals surface area contributed by atoms with Crippen LogP contribution in [0.2, 0.25) is 0 Å². The fourth-order valence-corrected chi connectivity index (χ4v) is 1.47. The number of nitrogens with zero attached hydrogens (tertiary/aromatic N) is 2. The van der Waals surface area contributed by atoms with Crippen LogP contribution >= 0.6 is 0 Å². The van der Waals surface area contributed by atoms with E-state index in [9.17, 15) is 22.4 Å². The Balaban J connectivity index is 1.93. The predicted octanol–water partition coefficient (Wildman–Crippen LogP) is 3.01. The fraction of sp³-hybridized carbons (Fsp3) is 0.214. The smallest absolute Gasteiger partial charge is 0.340 e. The molecule has 0 bridgehead atoms. The number of anilines is 1. The molecule has 2 rings (SSSR count). The number of carbonyl (C=O) groups is 1. The molecule has 0 aliphatic carbocycles. The summed E-state index contributed by atoms with van der Waals surface area (Å²) in [5, 5.41) is 2.51. The first-order chi connectivity index (χ1) is 10.9. The average Bonchev–Trinajstić information content (AvgIpc) is 2.55. The number of alkyl halides is 4. The van der Waals surface area contributed by atoms with Gasteiger partial charge in [-0.25, -0.2) is 13.8 Å². The van der Waals surface area contributed by atoms with Gasteiger partial charge in [0.2, 0.25) is 5.88 Å². The second-order valence-corrected chi connectivity index (χ2v) is 4.43. The molecule has 0 fully saturated rings. The summed E-state index contributed by atoms with van der Waals surface area (Å²) in [6, 6.07) is 5.67. The van der Waals surface area contributed by atoms with Crippen LogP contribution in [0.3, 0.4) is 0 Å². The van der Waals surface area contributed by atoms with E-state index in [1.54, 1.807) is 12.1 Å². The van der Waals surface area contributed by atoms with Gasteiger partial charge in [-0.05, 0) is 18.2 Å². The van der Waals surface area contributed by atoms with E-state index in [1.807, 2.05) is 0 Å². The van der Waals surface area contributed by atoms with E-state index in [0.717, 1.165) is 6.20 Å². The van der Waals surface area contributed by atoms with Crippen molar-refractivity contribution >= 4 is 11.6 Å². The van der Waals surface area contributed by atoms with Gasteiger partial charge in [-0.2, -0.15) is 8.78 Å². The van der Waals surface area contributed by atoms with Crippen molar-refractivity contribution in [3.8, 4) is 5.88 Å². The number of ether oxygens (including phenoxy) is 1. The second-order valence-electron chi connectivity index (χ2n) is 4.43. The van der Waals surface area contributed by atoms with Gasteiger partial charge >= 0.3 is 12.3 Å². The molecule has 0 radical (unpaired) electrons. The Morgan fingerprint density at radius 3 is 2.61 bits per heavy atom. The van der Waals surface area contributed by atoms with Gasteiger partial charge in [-0.15, -0.1) is 0 Å². The van der Waals surface area contributed by atoms with E-state index in [4.69, 9.17) is 0 Å². The van der Waals surface area contributed by atoms with Crippen molar-refractivity contribution in [3.05, 3.63) is 48.4 Å². The van der Waals surface area contributed by atoms with Crippen LogP contribution in [0.15, 0.2) is 42.9 Å². The molecule has 0 spiro atoms. The Hall–Kier alpha value is -2.71. The number of hydrogen-bond donors (Lipinski definition) is 1. The summed E-state index contributed by atoms with van der Waals surface area (Å²) in [5.74, 6) is -4.95. The molecule has 0 unspecified atom stereocenters. The van der Waals surface area contributed by atoms with Crippen molar-refractivity contribution in [1.29, 1.82) is 0 Å². The molecule has 0 saturated carbocycles. The van der Waals surface area contributed by atoms with Crippen molar-refractivity contribution in [2.75, 3.05) is 11.9 Å². The summed E-state index contributed by atoms with van der Waals surface area (Å²) < 4.78 is 53.9. The normalized spacial score (nSPS) is 11.3. The lowest BCUT2D eigenvalue weighted by Crippen LogP contribution is -2.33. The number of amides is 1. The highest BCUT2D eigenvalue weighted by Crippen LogP contribution is 2.24. The topological polar surface area (TPSA) is 64.1 Å². The summed E-state index contributed by atoms with van der Waals surface area (Å²) in [5.41, 5.74) is 0.608. The summed E-state index contributed by atoms with van der Waals surface area (Å²) in [4.78, 5) is 19.3. The van der Waals surface area contributed by atoms with Crippen LogP contribution in [-0.2, 0) is 0 Å². The van der Waals surface area contributed by atoms with E-state index in [0.29, 0.717) is 5.56 Å². The van der Waals surface area contributed by atoms with E-state index < -0.39 is 24.9 Å². The molecule has 1 N–H and O–H groups in total. The summed E-state index contributed by atoms with van der Waals surface area (Å²) >= 11 is 0. The zero-order valence-electron chi connectivity index (χ0n) is 11.5. The third kappa shape index (κ3) is 4.63. The van der Waals surface area contributed by atoms with Gasteiger partial charge in [-0.3, -0.25) is 9.78 Å². The maximum Gasteiger partial charge on any atom is 0.340 e. The van der Waals surface area contributed by atoms with Gasteiger partial charge in [0.15, 0.2) is 6.61 Å². The Morgan fingerprint density at radius 2 is 2.04 bits per heavy atom. The van der Waals surface area contributed by atoms with Crippen molar-refractivity contribution in [2.45, 2.75) is 12.3 Å². The van der Waals surface area contributed by atoms with Gasteiger partial charge in [0.25, 0.3) is 5.91 Å². The lowest BCUT2D eigenvalue weighted by molar-refractivity contribution is -0.148. The molecule has 2 aromatic heterocycles. The first-order valence-electron chi connectivity index (χ1n) is 6.35. The van der Waals surface area contributed by atoms with Crippen LogP contribution in [0.4, 0.5) is 23.2 Å². The van der Waals surface area contributed by atoms with E-state index in [2.05, 4.69) is 20.0 Å². The lowest BCUT2D eigenvalue weighted by Gasteiger charge is -2.15. The lowest BCUT2D eigenvalue weighted by atomic mass is 10.2. The summed E-state index contributed by atoms with van der Waals surface area (Å²) in [6.07, 6.45) is 0.219. The van der Waals surface area contributed by atoms with Gasteiger partial charge in [0.05, 0.1) is 17.4 Å². The van der Waals surface area contributed by atoms with Gasteiger partial charge in [-0.1, -0.05) is 0 Å². The second kappa shape index (κ2) is 7.03. The van der Waals surface area contributed by atoms with Crippen molar-refractivity contribution in [2.24, 2.45) is 0 Å². The van der Waals surface area contributed by atoms with Crippen LogP contribution in [-0.4, -0.2) is 34.8 Å². The molecule has 2 aromatic rings. The van der Waals surface area contributed by atoms with Gasteiger partial charge in [0.1, 0.15) is 0 Å². The number of rotatable bonds is 6. The van der Waals surface area contributed by atoms with Crippen LogP contribution in [0.25, 0.3) is 0 Å².